The van der Waals surface area contributed by atoms with Crippen molar-refractivity contribution in [2.75, 3.05) is 11.9 Å². The molecule has 2 aromatic heterocycles. The minimum Gasteiger partial charge on any atom is -0.494 e. The molecular formula is C24H27N5O4. The lowest BCUT2D eigenvalue weighted by molar-refractivity contribution is -0.122. The summed E-state index contributed by atoms with van der Waals surface area (Å²) >= 11 is 0. The largest absolute Gasteiger partial charge is 0.494 e. The van der Waals surface area contributed by atoms with E-state index in [0.29, 0.717) is 44.0 Å². The lowest BCUT2D eigenvalue weighted by Crippen LogP contribution is -2.32. The normalized spacial score (nSPS) is 13.8. The molecule has 3 aromatic rings. The quantitative estimate of drug-likeness (QED) is 0.478. The molecule has 0 bridgehead atoms. The van der Waals surface area contributed by atoms with Crippen molar-refractivity contribution in [1.29, 1.82) is 0 Å². The molecule has 1 aromatic carbocycles. The summed E-state index contributed by atoms with van der Waals surface area (Å²) in [5, 5.41) is 9.87. The van der Waals surface area contributed by atoms with Crippen LogP contribution in [0.1, 0.15) is 50.6 Å². The highest BCUT2D eigenvalue weighted by Crippen LogP contribution is 2.27. The molecule has 9 heteroatoms. The number of hydrogen-bond donors (Lipinski definition) is 2. The third-order valence-electron chi connectivity index (χ3n) is 5.40. The first-order chi connectivity index (χ1) is 16.0. The Balaban J connectivity index is 1.27. The van der Waals surface area contributed by atoms with E-state index in [1.54, 1.807) is 18.5 Å². The van der Waals surface area contributed by atoms with Crippen molar-refractivity contribution < 1.29 is 18.8 Å². The summed E-state index contributed by atoms with van der Waals surface area (Å²) in [6.45, 7) is 4.39. The van der Waals surface area contributed by atoms with E-state index in [1.807, 2.05) is 38.1 Å². The number of nitrogens with one attached hydrogen (secondary N) is 2. The predicted molar refractivity (Wildman–Crippen MR) is 121 cm³/mol. The molecule has 1 aliphatic heterocycles. The number of carbonyl (C=O) groups is 2. The van der Waals surface area contributed by atoms with Crippen molar-refractivity contribution in [1.82, 2.24) is 20.4 Å². The van der Waals surface area contributed by atoms with Crippen LogP contribution < -0.4 is 15.4 Å². The number of aryl methyl sites for hydroxylation is 1. The molecule has 1 atom stereocenters. The highest BCUT2D eigenvalue weighted by atomic mass is 16.5. The van der Waals surface area contributed by atoms with Crippen molar-refractivity contribution in [2.45, 2.75) is 45.6 Å². The van der Waals surface area contributed by atoms with Gasteiger partial charge in [0.15, 0.2) is 0 Å². The van der Waals surface area contributed by atoms with Crippen LogP contribution in [0.25, 0.3) is 11.4 Å². The minimum absolute atomic E-state index is 0.0377. The molecule has 2 N–H and O–H groups in total. The third-order valence-corrected chi connectivity index (χ3v) is 5.40. The van der Waals surface area contributed by atoms with Crippen LogP contribution in [0.2, 0.25) is 0 Å². The minimum atomic E-state index is -0.382. The molecule has 2 amide bonds. The molecule has 1 unspecified atom stereocenters. The smallest absolute Gasteiger partial charge is 0.249 e. The summed E-state index contributed by atoms with van der Waals surface area (Å²) in [5.41, 5.74) is 2.66. The number of anilines is 1. The number of ether oxygens (including phenoxy) is 1. The van der Waals surface area contributed by atoms with Crippen LogP contribution in [0.15, 0.2) is 47.2 Å². The Bertz CT molecular complexity index is 1110. The van der Waals surface area contributed by atoms with Gasteiger partial charge in [-0.15, -0.1) is 0 Å². The maximum atomic E-state index is 12.5. The molecule has 1 aliphatic rings. The average molecular weight is 450 g/mol. The van der Waals surface area contributed by atoms with E-state index in [0.717, 1.165) is 22.6 Å². The van der Waals surface area contributed by atoms with Crippen LogP contribution in [0.3, 0.4) is 0 Å². The van der Waals surface area contributed by atoms with Gasteiger partial charge < -0.3 is 19.9 Å². The van der Waals surface area contributed by atoms with E-state index in [-0.39, 0.29) is 23.8 Å². The molecule has 0 spiro atoms. The fourth-order valence-corrected chi connectivity index (χ4v) is 3.61. The van der Waals surface area contributed by atoms with Gasteiger partial charge in [-0.1, -0.05) is 19.0 Å². The Morgan fingerprint density at radius 1 is 1.27 bits per heavy atom. The van der Waals surface area contributed by atoms with E-state index < -0.39 is 0 Å². The monoisotopic (exact) mass is 449 g/mol. The van der Waals surface area contributed by atoms with Gasteiger partial charge in [-0.2, -0.15) is 4.98 Å². The zero-order valence-electron chi connectivity index (χ0n) is 18.7. The maximum Gasteiger partial charge on any atom is 0.249 e. The van der Waals surface area contributed by atoms with Crippen LogP contribution in [0.4, 0.5) is 5.69 Å². The molecule has 9 nitrogen and oxygen atoms in total. The molecule has 0 saturated carbocycles. The first-order valence-corrected chi connectivity index (χ1v) is 11.1. The Labute approximate surface area is 191 Å². The molecule has 0 fully saturated rings. The number of benzene rings is 1. The average Bonchev–Trinajstić information content (AvgIpc) is 3.30. The molecule has 0 aliphatic carbocycles. The fourth-order valence-electron chi connectivity index (χ4n) is 3.61. The SMILES string of the molecule is CC(C)C(NC(=O)CCCOc1ccc2c(c1)CCC(=O)N2)c1nc(-c2cccnc2)no1. The van der Waals surface area contributed by atoms with Crippen molar-refractivity contribution >= 4 is 17.5 Å². The second-order valence-corrected chi connectivity index (χ2v) is 8.31. The maximum absolute atomic E-state index is 12.5. The van der Waals surface area contributed by atoms with Crippen LogP contribution in [0.5, 0.6) is 5.75 Å². The van der Waals surface area contributed by atoms with Crippen LogP contribution >= 0.6 is 0 Å². The van der Waals surface area contributed by atoms with E-state index >= 15 is 0 Å². The highest BCUT2D eigenvalue weighted by molar-refractivity contribution is 5.94. The summed E-state index contributed by atoms with van der Waals surface area (Å²) in [5.74, 6) is 1.55. The number of rotatable bonds is 9. The number of fused-ring (bicyclic) bond motifs is 1. The number of amides is 2. The molecule has 172 valence electrons. The zero-order valence-corrected chi connectivity index (χ0v) is 18.7. The van der Waals surface area contributed by atoms with Gasteiger partial charge in [0.1, 0.15) is 11.8 Å². The Morgan fingerprint density at radius 2 is 2.15 bits per heavy atom. The van der Waals surface area contributed by atoms with E-state index in [4.69, 9.17) is 9.26 Å². The highest BCUT2D eigenvalue weighted by Gasteiger charge is 2.25. The fraction of sp³-hybridized carbons (Fsp3) is 0.375. The van der Waals surface area contributed by atoms with E-state index in [9.17, 15) is 9.59 Å². The van der Waals surface area contributed by atoms with Gasteiger partial charge in [-0.3, -0.25) is 14.6 Å². The molecule has 3 heterocycles. The molecule has 0 radical (unpaired) electrons. The number of aromatic nitrogens is 3. The van der Waals surface area contributed by atoms with Crippen LogP contribution in [0, 0.1) is 5.92 Å². The van der Waals surface area contributed by atoms with Gasteiger partial charge in [0.05, 0.1) is 6.61 Å². The lowest BCUT2D eigenvalue weighted by atomic mass is 10.0. The van der Waals surface area contributed by atoms with Crippen molar-refractivity contribution in [3.05, 3.63) is 54.2 Å². The van der Waals surface area contributed by atoms with Crippen molar-refractivity contribution in [2.24, 2.45) is 5.92 Å². The Kier molecular flexibility index (Phi) is 6.97. The van der Waals surface area contributed by atoms with Gasteiger partial charge in [-0.25, -0.2) is 0 Å². The second-order valence-electron chi connectivity index (χ2n) is 8.31. The van der Waals surface area contributed by atoms with Crippen LogP contribution in [-0.2, 0) is 16.0 Å². The Morgan fingerprint density at radius 3 is 2.94 bits per heavy atom. The first-order valence-electron chi connectivity index (χ1n) is 11.1. The van der Waals surface area contributed by atoms with Crippen molar-refractivity contribution in [3.8, 4) is 17.1 Å². The molecule has 4 rings (SSSR count). The van der Waals surface area contributed by atoms with Gasteiger partial charge in [-0.05, 0) is 54.7 Å². The van der Waals surface area contributed by atoms with Gasteiger partial charge in [0, 0.05) is 36.5 Å². The third kappa shape index (κ3) is 5.74. The number of hydrogen-bond acceptors (Lipinski definition) is 7. The summed E-state index contributed by atoms with van der Waals surface area (Å²) in [7, 11) is 0. The summed E-state index contributed by atoms with van der Waals surface area (Å²) in [6.07, 6.45) is 5.41. The predicted octanol–water partition coefficient (Wildman–Crippen LogP) is 3.69. The van der Waals surface area contributed by atoms with Crippen LogP contribution in [-0.4, -0.2) is 33.5 Å². The second kappa shape index (κ2) is 10.2. The first kappa shape index (κ1) is 22.4. The topological polar surface area (TPSA) is 119 Å². The molecule has 0 saturated heterocycles. The van der Waals surface area contributed by atoms with E-state index in [2.05, 4.69) is 25.8 Å². The standard InChI is InChI=1S/C24H27N5O4/c1-15(2)22(24-28-23(29-33-24)17-5-3-11-25-14-17)27-20(30)6-4-12-32-18-8-9-19-16(13-18)7-10-21(31)26-19/h3,5,8-9,11,13-15,22H,4,6-7,10,12H2,1-2H3,(H,26,31)(H,27,30). The van der Waals surface area contributed by atoms with Gasteiger partial charge in [0.2, 0.25) is 23.5 Å². The summed E-state index contributed by atoms with van der Waals surface area (Å²) in [6, 6.07) is 8.90. The molecule has 33 heavy (non-hydrogen) atoms. The van der Waals surface area contributed by atoms with E-state index in [1.165, 1.54) is 0 Å². The Hall–Kier alpha value is -3.75. The van der Waals surface area contributed by atoms with Crippen molar-refractivity contribution in [3.63, 3.8) is 0 Å². The number of carbonyl (C=O) groups excluding carboxylic acids is 2. The molecular weight excluding hydrogens is 422 g/mol. The van der Waals surface area contributed by atoms with Gasteiger partial charge >= 0.3 is 0 Å². The number of pyridine rings is 1. The van der Waals surface area contributed by atoms with Gasteiger partial charge in [0.25, 0.3) is 0 Å². The zero-order chi connectivity index (χ0) is 23.2. The summed E-state index contributed by atoms with van der Waals surface area (Å²) < 4.78 is 11.2. The lowest BCUT2D eigenvalue weighted by Gasteiger charge is -2.19. The summed E-state index contributed by atoms with van der Waals surface area (Å²) in [4.78, 5) is 32.5. The number of nitrogens with zero attached hydrogens (tertiary/aromatic N) is 3.